The van der Waals surface area contributed by atoms with Crippen LogP contribution in [0.15, 0.2) is 0 Å². The van der Waals surface area contributed by atoms with Gasteiger partial charge in [-0.05, 0) is 0 Å². The number of ether oxygens (including phenoxy) is 3. The predicted molar refractivity (Wildman–Crippen MR) is 57.3 cm³/mol. The third-order valence-electron chi connectivity index (χ3n) is 3.17. The first-order chi connectivity index (χ1) is 12.2. The van der Waals surface area contributed by atoms with Gasteiger partial charge in [0.15, 0.2) is 12.3 Å². The Balaban J connectivity index is 3.36. The van der Waals surface area contributed by atoms with Gasteiger partial charge in [0, 0.05) is 0 Å². The van der Waals surface area contributed by atoms with Gasteiger partial charge in [0.05, 0.1) is 0 Å². The zero-order valence-corrected chi connectivity index (χ0v) is 12.8. The van der Waals surface area contributed by atoms with E-state index < -0.39 is 68.3 Å². The molecule has 1 aliphatic carbocycles. The molecule has 0 aromatic rings. The second kappa shape index (κ2) is 7.30. The van der Waals surface area contributed by atoms with Crippen LogP contribution in [0.3, 0.4) is 0 Å². The molecular formula is C11H8F14O3. The fraction of sp³-hybridized carbons (Fsp3) is 1.00. The topological polar surface area (TPSA) is 27.7 Å². The van der Waals surface area contributed by atoms with E-state index in [9.17, 15) is 61.5 Å². The summed E-state index contributed by atoms with van der Waals surface area (Å²) in [5.41, 5.74) is 0. The molecule has 0 N–H and O–H groups in total. The van der Waals surface area contributed by atoms with Crippen LogP contribution in [0.5, 0.6) is 0 Å². The minimum absolute atomic E-state index is 2.77. The lowest BCUT2D eigenvalue weighted by molar-refractivity contribution is -0.397. The van der Waals surface area contributed by atoms with Crippen molar-refractivity contribution in [1.82, 2.24) is 0 Å². The summed E-state index contributed by atoms with van der Waals surface area (Å²) in [5, 5.41) is 0. The van der Waals surface area contributed by atoms with Crippen LogP contribution in [0.25, 0.3) is 0 Å². The fourth-order valence-corrected chi connectivity index (χ4v) is 2.10. The maximum absolute atomic E-state index is 14.2. The van der Waals surface area contributed by atoms with E-state index in [0.717, 1.165) is 0 Å². The van der Waals surface area contributed by atoms with Crippen LogP contribution in [-0.4, -0.2) is 68.3 Å². The molecule has 3 nitrogen and oxygen atoms in total. The summed E-state index contributed by atoms with van der Waals surface area (Å²) in [6.45, 7) is -8.73. The molecule has 0 amide bonds. The van der Waals surface area contributed by atoms with Gasteiger partial charge in [0.2, 0.25) is 0 Å². The molecule has 168 valence electrons. The molecule has 0 spiro atoms. The van der Waals surface area contributed by atoms with Crippen molar-refractivity contribution in [1.29, 1.82) is 0 Å². The molecular weight excluding hydrogens is 446 g/mol. The summed E-state index contributed by atoms with van der Waals surface area (Å²) in [6, 6.07) is 0. The van der Waals surface area contributed by atoms with Crippen molar-refractivity contribution in [3.63, 3.8) is 0 Å². The molecule has 1 fully saturated rings. The molecule has 2 atom stereocenters. The van der Waals surface area contributed by atoms with Crippen molar-refractivity contribution < 1.29 is 75.7 Å². The highest BCUT2D eigenvalue weighted by Crippen LogP contribution is 2.58. The van der Waals surface area contributed by atoms with E-state index in [-0.39, 0.29) is 0 Å². The maximum atomic E-state index is 14.2. The standard InChI is InChI=1S/C11H8F14O3/c12-4-5(26-1-6(13,14)15)9(22,23)11(24,25)10(4,27-2-7(16,17)18)28-3-8(19,20)21/h4-5H,1-3H2/t4-,5+/m0/s1. The lowest BCUT2D eigenvalue weighted by atomic mass is 10.1. The molecule has 17 heteroatoms. The highest BCUT2D eigenvalue weighted by atomic mass is 19.4. The Hall–Kier alpha value is -1.10. The highest BCUT2D eigenvalue weighted by molar-refractivity contribution is 5.17. The average Bonchev–Trinajstić information content (AvgIpc) is 2.53. The van der Waals surface area contributed by atoms with E-state index in [2.05, 4.69) is 14.2 Å². The van der Waals surface area contributed by atoms with Gasteiger partial charge in [0.25, 0.3) is 5.79 Å². The summed E-state index contributed by atoms with van der Waals surface area (Å²) in [7, 11) is 0. The lowest BCUT2D eigenvalue weighted by Crippen LogP contribution is -2.59. The molecule has 28 heavy (non-hydrogen) atoms. The van der Waals surface area contributed by atoms with E-state index in [1.165, 1.54) is 0 Å². The van der Waals surface area contributed by atoms with Crippen molar-refractivity contribution in [2.24, 2.45) is 0 Å². The quantitative estimate of drug-likeness (QED) is 0.440. The monoisotopic (exact) mass is 454 g/mol. The molecule has 0 unspecified atom stereocenters. The van der Waals surface area contributed by atoms with E-state index in [0.29, 0.717) is 0 Å². The summed E-state index contributed by atoms with van der Waals surface area (Å²) in [6.07, 6.45) is -25.2. The van der Waals surface area contributed by atoms with E-state index in [4.69, 9.17) is 0 Å². The second-order valence-corrected chi connectivity index (χ2v) is 5.42. The number of halogens is 14. The van der Waals surface area contributed by atoms with Crippen LogP contribution in [0.1, 0.15) is 0 Å². The molecule has 0 aliphatic heterocycles. The third-order valence-corrected chi connectivity index (χ3v) is 3.17. The average molecular weight is 454 g/mol. The van der Waals surface area contributed by atoms with Crippen molar-refractivity contribution in [3.8, 4) is 0 Å². The summed E-state index contributed by atoms with van der Waals surface area (Å²) < 4.78 is 189. The third kappa shape index (κ3) is 5.08. The Kier molecular flexibility index (Phi) is 6.50. The van der Waals surface area contributed by atoms with E-state index in [1.54, 1.807) is 0 Å². The molecule has 0 radical (unpaired) electrons. The Morgan fingerprint density at radius 2 is 1.00 bits per heavy atom. The highest BCUT2D eigenvalue weighted by Gasteiger charge is 2.86. The number of hydrogen-bond donors (Lipinski definition) is 0. The zero-order chi connectivity index (χ0) is 22.4. The molecule has 0 aromatic heterocycles. The van der Waals surface area contributed by atoms with Gasteiger partial charge in [-0.15, -0.1) is 0 Å². The van der Waals surface area contributed by atoms with Crippen LogP contribution in [0.4, 0.5) is 61.5 Å². The van der Waals surface area contributed by atoms with Crippen LogP contribution in [0, 0.1) is 0 Å². The van der Waals surface area contributed by atoms with Crippen molar-refractivity contribution in [2.45, 2.75) is 48.4 Å². The molecule has 0 saturated heterocycles. The Bertz CT molecular complexity index is 518. The Morgan fingerprint density at radius 3 is 1.32 bits per heavy atom. The van der Waals surface area contributed by atoms with Crippen LogP contribution < -0.4 is 0 Å². The van der Waals surface area contributed by atoms with Gasteiger partial charge in [-0.25, -0.2) is 4.39 Å². The van der Waals surface area contributed by atoms with Crippen molar-refractivity contribution >= 4 is 0 Å². The molecule has 1 aliphatic rings. The van der Waals surface area contributed by atoms with E-state index in [1.807, 2.05) is 0 Å². The van der Waals surface area contributed by atoms with Gasteiger partial charge < -0.3 is 14.2 Å². The molecule has 0 aromatic carbocycles. The maximum Gasteiger partial charge on any atom is 0.411 e. The molecule has 1 saturated carbocycles. The van der Waals surface area contributed by atoms with Gasteiger partial charge in [0.1, 0.15) is 19.8 Å². The predicted octanol–water partition coefficient (Wildman–Crippen LogP) is 4.41. The van der Waals surface area contributed by atoms with Gasteiger partial charge in [-0.3, -0.25) is 0 Å². The Labute approximate surface area is 145 Å². The largest absolute Gasteiger partial charge is 0.411 e. The Morgan fingerprint density at radius 1 is 0.643 bits per heavy atom. The summed E-state index contributed by atoms with van der Waals surface area (Å²) in [4.78, 5) is 0. The smallest absolute Gasteiger partial charge is 0.359 e. The van der Waals surface area contributed by atoms with Gasteiger partial charge in [-0.2, -0.15) is 57.1 Å². The van der Waals surface area contributed by atoms with Gasteiger partial charge >= 0.3 is 30.4 Å². The molecule has 0 bridgehead atoms. The van der Waals surface area contributed by atoms with E-state index >= 15 is 0 Å². The first kappa shape index (κ1) is 24.9. The summed E-state index contributed by atoms with van der Waals surface area (Å²) >= 11 is 0. The van der Waals surface area contributed by atoms with Crippen LogP contribution in [0.2, 0.25) is 0 Å². The normalized spacial score (nSPS) is 27.2. The number of rotatable bonds is 6. The number of hydrogen-bond acceptors (Lipinski definition) is 3. The van der Waals surface area contributed by atoms with Crippen LogP contribution >= 0.6 is 0 Å². The van der Waals surface area contributed by atoms with Crippen molar-refractivity contribution in [2.75, 3.05) is 19.8 Å². The first-order valence-corrected chi connectivity index (χ1v) is 6.66. The lowest BCUT2D eigenvalue weighted by Gasteiger charge is -2.36. The molecule has 0 heterocycles. The van der Waals surface area contributed by atoms with Crippen molar-refractivity contribution in [3.05, 3.63) is 0 Å². The SMILES string of the molecule is F[C@H]1[C@@H](OCC(F)(F)F)C(F)(F)C(F)(F)C1(OCC(F)(F)F)OCC(F)(F)F. The van der Waals surface area contributed by atoms with Gasteiger partial charge in [-0.1, -0.05) is 0 Å². The zero-order valence-electron chi connectivity index (χ0n) is 12.8. The second-order valence-electron chi connectivity index (χ2n) is 5.42. The minimum Gasteiger partial charge on any atom is -0.359 e. The first-order valence-electron chi connectivity index (χ1n) is 6.66. The van der Waals surface area contributed by atoms with Crippen LogP contribution in [-0.2, 0) is 14.2 Å². The summed E-state index contributed by atoms with van der Waals surface area (Å²) in [5.74, 6) is -17.6. The fourth-order valence-electron chi connectivity index (χ4n) is 2.10. The molecule has 1 rings (SSSR count). The number of alkyl halides is 14. The minimum atomic E-state index is -6.29.